The molecular formula is C15H21N3O2. The Balaban J connectivity index is 0.000000956. The third kappa shape index (κ3) is 3.85. The van der Waals surface area contributed by atoms with E-state index >= 15 is 0 Å². The summed E-state index contributed by atoms with van der Waals surface area (Å²) >= 11 is 0. The third-order valence-corrected chi connectivity index (χ3v) is 2.89. The molecule has 0 fully saturated rings. The summed E-state index contributed by atoms with van der Waals surface area (Å²) in [7, 11) is 0. The highest BCUT2D eigenvalue weighted by Crippen LogP contribution is 2.22. The Morgan fingerprint density at radius 3 is 2.65 bits per heavy atom. The Morgan fingerprint density at radius 2 is 2.00 bits per heavy atom. The van der Waals surface area contributed by atoms with Crippen LogP contribution in [0.1, 0.15) is 31.4 Å². The normalized spacial score (nSPS) is 9.75. The van der Waals surface area contributed by atoms with Crippen molar-refractivity contribution in [3.63, 3.8) is 0 Å². The number of para-hydroxylation sites is 1. The molecular weight excluding hydrogens is 254 g/mol. The summed E-state index contributed by atoms with van der Waals surface area (Å²) < 4.78 is 0. The maximum atomic E-state index is 11.3. The topological polar surface area (TPSA) is 88.0 Å². The molecule has 108 valence electrons. The molecule has 4 N–H and O–H groups in total. The molecule has 5 heteroatoms. The number of benzene rings is 1. The predicted molar refractivity (Wildman–Crippen MR) is 80.4 cm³/mol. The van der Waals surface area contributed by atoms with E-state index in [-0.39, 0.29) is 12.3 Å². The molecule has 0 bridgehead atoms. The third-order valence-electron chi connectivity index (χ3n) is 2.89. The fraction of sp³-hybridized carbons (Fsp3) is 0.333. The number of imide groups is 1. The van der Waals surface area contributed by atoms with Gasteiger partial charge in [0.2, 0.25) is 5.91 Å². The molecule has 0 spiro atoms. The maximum Gasteiger partial charge on any atom is 0.318 e. The second-order valence-electron chi connectivity index (χ2n) is 4.22. The summed E-state index contributed by atoms with van der Waals surface area (Å²) in [5, 5.41) is 3.17. The van der Waals surface area contributed by atoms with Crippen molar-refractivity contribution in [3.05, 3.63) is 35.5 Å². The van der Waals surface area contributed by atoms with Crippen LogP contribution in [-0.2, 0) is 11.2 Å². The van der Waals surface area contributed by atoms with Crippen molar-refractivity contribution in [1.82, 2.24) is 10.3 Å². The Bertz CT molecular complexity index is 602. The molecule has 0 aliphatic heterocycles. The molecule has 1 heterocycles. The summed E-state index contributed by atoms with van der Waals surface area (Å²) in [5.74, 6) is -0.357. The van der Waals surface area contributed by atoms with E-state index in [1.54, 1.807) is 0 Å². The monoisotopic (exact) mass is 275 g/mol. The average Bonchev–Trinajstić information content (AvgIpc) is 2.83. The fourth-order valence-electron chi connectivity index (χ4n) is 2.02. The molecule has 0 saturated carbocycles. The van der Waals surface area contributed by atoms with Gasteiger partial charge in [-0.1, -0.05) is 32.0 Å². The molecule has 0 aliphatic rings. The number of urea groups is 1. The fourth-order valence-corrected chi connectivity index (χ4v) is 2.02. The second kappa shape index (κ2) is 7.33. The number of hydrogen-bond acceptors (Lipinski definition) is 2. The second-order valence-corrected chi connectivity index (χ2v) is 4.22. The van der Waals surface area contributed by atoms with Crippen LogP contribution in [0.4, 0.5) is 4.79 Å². The minimum absolute atomic E-state index is 0.240. The zero-order valence-electron chi connectivity index (χ0n) is 12.1. The predicted octanol–water partition coefficient (Wildman–Crippen LogP) is 2.63. The first kappa shape index (κ1) is 15.8. The molecule has 1 aromatic carbocycles. The van der Waals surface area contributed by atoms with Crippen molar-refractivity contribution < 1.29 is 9.59 Å². The van der Waals surface area contributed by atoms with Gasteiger partial charge in [-0.05, 0) is 24.5 Å². The Morgan fingerprint density at radius 1 is 1.30 bits per heavy atom. The highest BCUT2D eigenvalue weighted by Gasteiger charge is 2.08. The smallest absolute Gasteiger partial charge is 0.318 e. The van der Waals surface area contributed by atoms with Crippen LogP contribution in [0.5, 0.6) is 0 Å². The SMILES string of the molecule is CC.Cc1cccc2c(CCC(=O)NC(N)=O)c[nH]c12. The van der Waals surface area contributed by atoms with Gasteiger partial charge < -0.3 is 10.7 Å². The van der Waals surface area contributed by atoms with Crippen LogP contribution in [0.3, 0.4) is 0 Å². The van der Waals surface area contributed by atoms with Crippen LogP contribution in [0.25, 0.3) is 10.9 Å². The van der Waals surface area contributed by atoms with E-state index < -0.39 is 6.03 Å². The number of H-pyrrole nitrogens is 1. The standard InChI is InChI=1S/C13H15N3O2.C2H6/c1-8-3-2-4-10-9(7-15-12(8)10)5-6-11(17)16-13(14)18;1-2/h2-4,7,15H,5-6H2,1H3,(H3,14,16,17,18);1-2H3. The number of aryl methyl sites for hydroxylation is 2. The molecule has 2 aromatic rings. The quantitative estimate of drug-likeness (QED) is 0.804. The molecule has 3 amide bonds. The lowest BCUT2D eigenvalue weighted by molar-refractivity contribution is -0.119. The largest absolute Gasteiger partial charge is 0.361 e. The first-order valence-corrected chi connectivity index (χ1v) is 6.73. The highest BCUT2D eigenvalue weighted by atomic mass is 16.2. The van der Waals surface area contributed by atoms with E-state index in [2.05, 4.69) is 10.3 Å². The average molecular weight is 275 g/mol. The van der Waals surface area contributed by atoms with Crippen molar-refractivity contribution in [3.8, 4) is 0 Å². The Hall–Kier alpha value is -2.30. The number of nitrogens with two attached hydrogens (primary N) is 1. The summed E-state index contributed by atoms with van der Waals surface area (Å²) in [6.07, 6.45) is 2.71. The van der Waals surface area contributed by atoms with Gasteiger partial charge in [0.25, 0.3) is 0 Å². The summed E-state index contributed by atoms with van der Waals surface area (Å²) in [6, 6.07) is 5.22. The maximum absolute atomic E-state index is 11.3. The van der Waals surface area contributed by atoms with E-state index in [9.17, 15) is 9.59 Å². The number of carbonyl (C=O) groups is 2. The van der Waals surface area contributed by atoms with E-state index in [0.29, 0.717) is 6.42 Å². The van der Waals surface area contributed by atoms with Crippen LogP contribution in [0.15, 0.2) is 24.4 Å². The van der Waals surface area contributed by atoms with E-state index in [0.717, 1.165) is 16.5 Å². The van der Waals surface area contributed by atoms with Crippen LogP contribution in [0.2, 0.25) is 0 Å². The lowest BCUT2D eigenvalue weighted by Gasteiger charge is -2.01. The van der Waals surface area contributed by atoms with Gasteiger partial charge in [0.05, 0.1) is 0 Å². The van der Waals surface area contributed by atoms with Gasteiger partial charge >= 0.3 is 6.03 Å². The number of aromatic amines is 1. The minimum atomic E-state index is -0.810. The molecule has 2 rings (SSSR count). The van der Waals surface area contributed by atoms with Gasteiger partial charge in [-0.3, -0.25) is 10.1 Å². The number of rotatable bonds is 3. The van der Waals surface area contributed by atoms with Crippen LogP contribution in [-0.4, -0.2) is 16.9 Å². The van der Waals surface area contributed by atoms with Crippen molar-refractivity contribution >= 4 is 22.8 Å². The van der Waals surface area contributed by atoms with Crippen molar-refractivity contribution in [1.29, 1.82) is 0 Å². The summed E-state index contributed by atoms with van der Waals surface area (Å²) in [6.45, 7) is 6.03. The Labute approximate surface area is 118 Å². The number of nitrogens with one attached hydrogen (secondary N) is 2. The first-order valence-electron chi connectivity index (χ1n) is 6.73. The number of aromatic nitrogens is 1. The van der Waals surface area contributed by atoms with Crippen molar-refractivity contribution in [2.24, 2.45) is 5.73 Å². The van der Waals surface area contributed by atoms with Crippen LogP contribution >= 0.6 is 0 Å². The molecule has 0 unspecified atom stereocenters. The minimum Gasteiger partial charge on any atom is -0.361 e. The number of hydrogen-bond donors (Lipinski definition) is 3. The zero-order chi connectivity index (χ0) is 15.1. The number of carbonyl (C=O) groups excluding carboxylic acids is 2. The molecule has 5 nitrogen and oxygen atoms in total. The molecule has 1 aromatic heterocycles. The van der Waals surface area contributed by atoms with Gasteiger partial charge in [0.1, 0.15) is 0 Å². The van der Waals surface area contributed by atoms with Gasteiger partial charge in [0, 0.05) is 23.5 Å². The first-order chi connectivity index (χ1) is 9.58. The van der Waals surface area contributed by atoms with Crippen molar-refractivity contribution in [2.45, 2.75) is 33.6 Å². The number of fused-ring (bicyclic) bond motifs is 1. The van der Waals surface area contributed by atoms with E-state index in [4.69, 9.17) is 5.73 Å². The lowest BCUT2D eigenvalue weighted by atomic mass is 10.1. The zero-order valence-corrected chi connectivity index (χ0v) is 12.1. The van der Waals surface area contributed by atoms with Gasteiger partial charge in [0.15, 0.2) is 0 Å². The number of primary amides is 1. The molecule has 0 aliphatic carbocycles. The summed E-state index contributed by atoms with van der Waals surface area (Å²) in [5.41, 5.74) is 8.19. The van der Waals surface area contributed by atoms with Crippen LogP contribution < -0.4 is 11.1 Å². The molecule has 0 saturated heterocycles. The van der Waals surface area contributed by atoms with E-state index in [1.807, 2.05) is 45.2 Å². The molecule has 0 radical (unpaired) electrons. The molecule has 20 heavy (non-hydrogen) atoms. The molecule has 0 atom stereocenters. The van der Waals surface area contributed by atoms with Gasteiger partial charge in [-0.15, -0.1) is 0 Å². The number of amides is 3. The van der Waals surface area contributed by atoms with E-state index in [1.165, 1.54) is 5.56 Å². The van der Waals surface area contributed by atoms with Crippen LogP contribution in [0, 0.1) is 6.92 Å². The highest BCUT2D eigenvalue weighted by molar-refractivity contribution is 5.94. The van der Waals surface area contributed by atoms with Gasteiger partial charge in [-0.25, -0.2) is 4.79 Å². The lowest BCUT2D eigenvalue weighted by Crippen LogP contribution is -2.35. The summed E-state index contributed by atoms with van der Waals surface area (Å²) in [4.78, 5) is 25.0. The Kier molecular flexibility index (Phi) is 5.77. The van der Waals surface area contributed by atoms with Crippen molar-refractivity contribution in [2.75, 3.05) is 0 Å². The van der Waals surface area contributed by atoms with Gasteiger partial charge in [-0.2, -0.15) is 0 Å².